The lowest BCUT2D eigenvalue weighted by molar-refractivity contribution is -0.138. The number of carbonyl (C=O) groups is 2. The highest BCUT2D eigenvalue weighted by molar-refractivity contribution is 7.99. The number of amides is 2. The standard InChI is InChI=1S/C18H18F3N5O2S2/c1-2-25(10-15(27)22-8-13-4-3-7-29-13)16(28)11-30-17-24-23-14-6-5-12(9-26(14)17)18(19,20)21/h3-7,9H,2,8,10-11H2,1H3,(H,22,27). The first-order valence-electron chi connectivity index (χ1n) is 8.89. The summed E-state index contributed by atoms with van der Waals surface area (Å²) in [6.07, 6.45) is -3.59. The van der Waals surface area contributed by atoms with Crippen LogP contribution in [0.2, 0.25) is 0 Å². The predicted molar refractivity (Wildman–Crippen MR) is 107 cm³/mol. The first-order valence-corrected chi connectivity index (χ1v) is 10.8. The van der Waals surface area contributed by atoms with Gasteiger partial charge in [0.15, 0.2) is 10.8 Å². The molecule has 0 aliphatic carbocycles. The number of thioether (sulfide) groups is 1. The van der Waals surface area contributed by atoms with Gasteiger partial charge in [-0.25, -0.2) is 0 Å². The minimum Gasteiger partial charge on any atom is -0.350 e. The zero-order chi connectivity index (χ0) is 21.7. The molecule has 30 heavy (non-hydrogen) atoms. The molecule has 3 rings (SSSR count). The van der Waals surface area contributed by atoms with Crippen molar-refractivity contribution in [1.29, 1.82) is 0 Å². The Kier molecular flexibility index (Phi) is 6.98. The van der Waals surface area contributed by atoms with Crippen molar-refractivity contribution < 1.29 is 22.8 Å². The molecule has 3 aromatic rings. The Bertz CT molecular complexity index is 1020. The van der Waals surface area contributed by atoms with Crippen LogP contribution >= 0.6 is 23.1 Å². The fraction of sp³-hybridized carbons (Fsp3) is 0.333. The number of halogens is 3. The van der Waals surface area contributed by atoms with Crippen LogP contribution in [0, 0.1) is 0 Å². The summed E-state index contributed by atoms with van der Waals surface area (Å²) >= 11 is 2.49. The molecule has 0 aliphatic rings. The number of nitrogens with zero attached hydrogens (tertiary/aromatic N) is 4. The number of alkyl halides is 3. The third-order valence-electron chi connectivity index (χ3n) is 4.13. The van der Waals surface area contributed by atoms with Crippen molar-refractivity contribution in [2.24, 2.45) is 0 Å². The van der Waals surface area contributed by atoms with E-state index in [2.05, 4.69) is 15.5 Å². The van der Waals surface area contributed by atoms with Gasteiger partial charge in [0.25, 0.3) is 0 Å². The molecule has 0 spiro atoms. The zero-order valence-corrected chi connectivity index (χ0v) is 17.5. The summed E-state index contributed by atoms with van der Waals surface area (Å²) in [5.41, 5.74) is -0.584. The summed E-state index contributed by atoms with van der Waals surface area (Å²) in [5.74, 6) is -0.688. The number of fused-ring (bicyclic) bond motifs is 1. The molecule has 0 unspecified atom stereocenters. The Morgan fingerprint density at radius 3 is 2.73 bits per heavy atom. The molecule has 0 fully saturated rings. The van der Waals surface area contributed by atoms with E-state index in [1.807, 2.05) is 17.5 Å². The van der Waals surface area contributed by atoms with Gasteiger partial charge < -0.3 is 10.2 Å². The van der Waals surface area contributed by atoms with Crippen molar-refractivity contribution >= 4 is 40.6 Å². The van der Waals surface area contributed by atoms with Crippen molar-refractivity contribution in [3.05, 3.63) is 46.3 Å². The van der Waals surface area contributed by atoms with Crippen LogP contribution in [0.3, 0.4) is 0 Å². The van der Waals surface area contributed by atoms with E-state index >= 15 is 0 Å². The first-order chi connectivity index (χ1) is 14.3. The lowest BCUT2D eigenvalue weighted by atomic mass is 10.3. The quantitative estimate of drug-likeness (QED) is 0.526. The predicted octanol–water partition coefficient (Wildman–Crippen LogP) is 3.07. The number of rotatable bonds is 8. The summed E-state index contributed by atoms with van der Waals surface area (Å²) in [6.45, 7) is 2.37. The highest BCUT2D eigenvalue weighted by Crippen LogP contribution is 2.30. The van der Waals surface area contributed by atoms with E-state index in [1.165, 1.54) is 26.7 Å². The van der Waals surface area contributed by atoms with E-state index in [0.29, 0.717) is 13.1 Å². The van der Waals surface area contributed by atoms with E-state index in [-0.39, 0.29) is 34.9 Å². The van der Waals surface area contributed by atoms with Gasteiger partial charge >= 0.3 is 6.18 Å². The highest BCUT2D eigenvalue weighted by atomic mass is 32.2. The van der Waals surface area contributed by atoms with Crippen LogP contribution in [-0.2, 0) is 22.3 Å². The van der Waals surface area contributed by atoms with Crippen LogP contribution in [0.25, 0.3) is 5.65 Å². The SMILES string of the molecule is CCN(CC(=O)NCc1cccs1)C(=O)CSc1nnc2ccc(C(F)(F)F)cn12. The third kappa shape index (κ3) is 5.51. The van der Waals surface area contributed by atoms with Crippen LogP contribution in [0.15, 0.2) is 41.0 Å². The van der Waals surface area contributed by atoms with Crippen molar-refractivity contribution in [2.45, 2.75) is 24.8 Å². The summed E-state index contributed by atoms with van der Waals surface area (Å²) in [6, 6.07) is 5.93. The number of aromatic nitrogens is 3. The minimum atomic E-state index is -4.49. The van der Waals surface area contributed by atoms with Gasteiger partial charge in [-0.1, -0.05) is 17.8 Å². The van der Waals surface area contributed by atoms with Crippen LogP contribution in [0.4, 0.5) is 13.2 Å². The maximum absolute atomic E-state index is 12.9. The number of nitrogens with one attached hydrogen (secondary N) is 1. The molecule has 7 nitrogen and oxygen atoms in total. The summed E-state index contributed by atoms with van der Waals surface area (Å²) in [5, 5.41) is 12.5. The van der Waals surface area contributed by atoms with Gasteiger partial charge in [0, 0.05) is 17.6 Å². The Hall–Kier alpha value is -2.60. The molecule has 12 heteroatoms. The Morgan fingerprint density at radius 1 is 1.27 bits per heavy atom. The summed E-state index contributed by atoms with van der Waals surface area (Å²) in [7, 11) is 0. The molecule has 3 aromatic heterocycles. The molecule has 0 bridgehead atoms. The number of hydrogen-bond donors (Lipinski definition) is 1. The molecule has 2 amide bonds. The van der Waals surface area contributed by atoms with Gasteiger partial charge in [-0.2, -0.15) is 13.2 Å². The van der Waals surface area contributed by atoms with E-state index in [1.54, 1.807) is 6.92 Å². The first kappa shape index (κ1) is 22.1. The van der Waals surface area contributed by atoms with E-state index in [4.69, 9.17) is 0 Å². The lowest BCUT2D eigenvalue weighted by Gasteiger charge is -2.20. The normalized spacial score (nSPS) is 11.6. The monoisotopic (exact) mass is 457 g/mol. The van der Waals surface area contributed by atoms with Gasteiger partial charge in [0.05, 0.1) is 24.4 Å². The van der Waals surface area contributed by atoms with Gasteiger partial charge in [-0.15, -0.1) is 21.5 Å². The Morgan fingerprint density at radius 2 is 2.07 bits per heavy atom. The molecular formula is C18H18F3N5O2S2. The Labute approximate surface area is 178 Å². The second-order valence-electron chi connectivity index (χ2n) is 6.18. The maximum atomic E-state index is 12.9. The molecular weight excluding hydrogens is 439 g/mol. The number of carbonyl (C=O) groups excluding carboxylic acids is 2. The molecule has 0 aliphatic heterocycles. The average Bonchev–Trinajstić information content (AvgIpc) is 3.37. The smallest absolute Gasteiger partial charge is 0.350 e. The summed E-state index contributed by atoms with van der Waals surface area (Å²) < 4.78 is 40.0. The number of likely N-dealkylation sites (N-methyl/N-ethyl adjacent to an activating group) is 1. The molecule has 160 valence electrons. The Balaban J connectivity index is 1.58. The largest absolute Gasteiger partial charge is 0.417 e. The van der Waals surface area contributed by atoms with E-state index in [9.17, 15) is 22.8 Å². The molecule has 0 saturated heterocycles. The highest BCUT2D eigenvalue weighted by Gasteiger charge is 2.31. The number of hydrogen-bond acceptors (Lipinski definition) is 6. The van der Waals surface area contributed by atoms with Crippen molar-refractivity contribution in [1.82, 2.24) is 24.8 Å². The van der Waals surface area contributed by atoms with Gasteiger partial charge in [0.1, 0.15) is 0 Å². The second-order valence-corrected chi connectivity index (χ2v) is 8.15. The van der Waals surface area contributed by atoms with Crippen LogP contribution < -0.4 is 5.32 Å². The minimum absolute atomic E-state index is 0.0803. The lowest BCUT2D eigenvalue weighted by Crippen LogP contribution is -2.41. The van der Waals surface area contributed by atoms with Crippen molar-refractivity contribution in [2.75, 3.05) is 18.8 Å². The topological polar surface area (TPSA) is 79.6 Å². The van der Waals surface area contributed by atoms with Crippen LogP contribution in [0.1, 0.15) is 17.4 Å². The van der Waals surface area contributed by atoms with Gasteiger partial charge in [0.2, 0.25) is 11.8 Å². The molecule has 0 aromatic carbocycles. The molecule has 0 radical (unpaired) electrons. The molecule has 3 heterocycles. The van der Waals surface area contributed by atoms with E-state index < -0.39 is 11.7 Å². The molecule has 1 N–H and O–H groups in total. The molecule has 0 atom stereocenters. The van der Waals surface area contributed by atoms with Gasteiger partial charge in [-0.3, -0.25) is 14.0 Å². The number of pyridine rings is 1. The van der Waals surface area contributed by atoms with Crippen molar-refractivity contribution in [3.63, 3.8) is 0 Å². The van der Waals surface area contributed by atoms with Gasteiger partial charge in [-0.05, 0) is 30.5 Å². The van der Waals surface area contributed by atoms with Crippen LogP contribution in [0.5, 0.6) is 0 Å². The van der Waals surface area contributed by atoms with Crippen LogP contribution in [-0.4, -0.2) is 50.2 Å². The fourth-order valence-electron chi connectivity index (χ4n) is 2.56. The van der Waals surface area contributed by atoms with E-state index in [0.717, 1.165) is 28.9 Å². The average molecular weight is 458 g/mol. The maximum Gasteiger partial charge on any atom is 0.417 e. The zero-order valence-electron chi connectivity index (χ0n) is 15.8. The molecule has 0 saturated carbocycles. The van der Waals surface area contributed by atoms with Crippen molar-refractivity contribution in [3.8, 4) is 0 Å². The summed E-state index contributed by atoms with van der Waals surface area (Å²) in [4.78, 5) is 27.0. The fourth-order valence-corrected chi connectivity index (χ4v) is 4.02. The number of thiophene rings is 1. The third-order valence-corrected chi connectivity index (χ3v) is 5.94. The second kappa shape index (κ2) is 9.47.